The largest absolute Gasteiger partial charge is 0.490 e. The van der Waals surface area contributed by atoms with E-state index in [2.05, 4.69) is 18.8 Å². The van der Waals surface area contributed by atoms with Gasteiger partial charge in [-0.2, -0.15) is 0 Å². The van der Waals surface area contributed by atoms with Crippen molar-refractivity contribution < 1.29 is 19.0 Å². The molecule has 1 atom stereocenters. The second-order valence-electron chi connectivity index (χ2n) is 10.6. The predicted octanol–water partition coefficient (Wildman–Crippen LogP) is 5.57. The van der Waals surface area contributed by atoms with Crippen LogP contribution in [-0.4, -0.2) is 28.5 Å². The Morgan fingerprint density at radius 1 is 1.05 bits per heavy atom. The van der Waals surface area contributed by atoms with Crippen LogP contribution in [0, 0.1) is 10.8 Å². The van der Waals surface area contributed by atoms with Crippen molar-refractivity contribution in [2.75, 3.05) is 13.2 Å². The summed E-state index contributed by atoms with van der Waals surface area (Å²) in [6, 6.07) is 15.9. The van der Waals surface area contributed by atoms with Gasteiger partial charge >= 0.3 is 0 Å². The van der Waals surface area contributed by atoms with Gasteiger partial charge in [0, 0.05) is 30.9 Å². The van der Waals surface area contributed by atoms with Crippen LogP contribution in [0.5, 0.6) is 17.4 Å². The predicted molar refractivity (Wildman–Crippen MR) is 145 cm³/mol. The third kappa shape index (κ3) is 4.97. The molecule has 3 aromatic rings. The lowest BCUT2D eigenvalue weighted by atomic mass is 9.70. The van der Waals surface area contributed by atoms with Crippen LogP contribution in [0.25, 0.3) is 0 Å². The number of nitrogens with one attached hydrogen (secondary N) is 1. The van der Waals surface area contributed by atoms with Gasteiger partial charge in [0.05, 0.1) is 18.8 Å². The lowest BCUT2D eigenvalue weighted by Gasteiger charge is -2.37. The molecule has 2 aliphatic rings. The topological polar surface area (TPSA) is 86.4 Å². The van der Waals surface area contributed by atoms with Crippen molar-refractivity contribution in [2.24, 2.45) is 5.41 Å². The molecule has 1 unspecified atom stereocenters. The van der Waals surface area contributed by atoms with E-state index in [1.54, 1.807) is 6.33 Å². The fourth-order valence-electron chi connectivity index (χ4n) is 5.45. The highest BCUT2D eigenvalue weighted by atomic mass is 16.5. The Hall–Kier alpha value is -3.87. The quantitative estimate of drug-likeness (QED) is 0.426. The zero-order valence-corrected chi connectivity index (χ0v) is 22.5. The van der Waals surface area contributed by atoms with Crippen LogP contribution in [0.4, 0.5) is 0 Å². The van der Waals surface area contributed by atoms with Crippen molar-refractivity contribution >= 4 is 5.78 Å². The number of carbonyl (C=O) groups excluding carboxylic acids is 1. The summed E-state index contributed by atoms with van der Waals surface area (Å²) in [5.41, 5.74) is 3.50. The SMILES string of the molecule is CCOc1ccc(CCn2cnc3c(c2=N)C(c2ccccc2)C2=C(CC(C)(C)CC2=O)O3)cc1OCC. The smallest absolute Gasteiger partial charge is 0.228 e. The number of aryl methyl sites for hydroxylation is 2. The maximum atomic E-state index is 13.5. The first-order valence-corrected chi connectivity index (χ1v) is 13.3. The van der Waals surface area contributed by atoms with Crippen molar-refractivity contribution in [1.29, 1.82) is 5.41 Å². The molecule has 0 saturated heterocycles. The van der Waals surface area contributed by atoms with E-state index in [9.17, 15) is 10.2 Å². The zero-order valence-electron chi connectivity index (χ0n) is 22.5. The molecule has 0 spiro atoms. The number of Topliss-reactive ketones (excluding diaryl/α,β-unsaturated/α-hetero) is 1. The molecule has 1 aliphatic carbocycles. The van der Waals surface area contributed by atoms with Crippen LogP contribution in [0.1, 0.15) is 63.1 Å². The number of benzene rings is 2. The molecule has 198 valence electrons. The number of hydrogen-bond donors (Lipinski definition) is 1. The van der Waals surface area contributed by atoms with E-state index in [1.807, 2.05) is 66.9 Å². The second kappa shape index (κ2) is 10.5. The summed E-state index contributed by atoms with van der Waals surface area (Å²) < 4.78 is 19.6. The third-order valence-corrected chi connectivity index (χ3v) is 7.15. The van der Waals surface area contributed by atoms with E-state index >= 15 is 0 Å². The molecule has 1 aliphatic heterocycles. The van der Waals surface area contributed by atoms with Crippen molar-refractivity contribution in [3.63, 3.8) is 0 Å². The zero-order chi connectivity index (χ0) is 26.9. The van der Waals surface area contributed by atoms with Gasteiger partial charge in [0.25, 0.3) is 0 Å². The molecule has 2 aromatic carbocycles. The number of nitrogens with zero attached hydrogens (tertiary/aromatic N) is 2. The molecule has 38 heavy (non-hydrogen) atoms. The summed E-state index contributed by atoms with van der Waals surface area (Å²) >= 11 is 0. The average molecular weight is 514 g/mol. The Balaban J connectivity index is 1.51. The molecule has 7 nitrogen and oxygen atoms in total. The molecule has 0 fully saturated rings. The highest BCUT2D eigenvalue weighted by Gasteiger charge is 2.43. The second-order valence-corrected chi connectivity index (χ2v) is 10.6. The van der Waals surface area contributed by atoms with Crippen molar-refractivity contribution in [1.82, 2.24) is 9.55 Å². The average Bonchev–Trinajstić information content (AvgIpc) is 2.88. The number of ketones is 1. The van der Waals surface area contributed by atoms with Crippen molar-refractivity contribution in [2.45, 2.75) is 59.4 Å². The first-order chi connectivity index (χ1) is 18.3. The number of hydrogen-bond acceptors (Lipinski definition) is 6. The highest BCUT2D eigenvalue weighted by molar-refractivity contribution is 6.00. The third-order valence-electron chi connectivity index (χ3n) is 7.15. The minimum Gasteiger partial charge on any atom is -0.490 e. The van der Waals surface area contributed by atoms with E-state index < -0.39 is 0 Å². The van der Waals surface area contributed by atoms with Gasteiger partial charge in [-0.1, -0.05) is 50.2 Å². The Morgan fingerprint density at radius 2 is 1.79 bits per heavy atom. The van der Waals surface area contributed by atoms with Gasteiger partial charge in [0.1, 0.15) is 17.6 Å². The van der Waals surface area contributed by atoms with Crippen LogP contribution >= 0.6 is 0 Å². The van der Waals surface area contributed by atoms with Gasteiger partial charge in [-0.15, -0.1) is 0 Å². The number of carbonyl (C=O) groups is 1. The molecule has 1 aromatic heterocycles. The van der Waals surface area contributed by atoms with Crippen LogP contribution in [0.2, 0.25) is 0 Å². The van der Waals surface area contributed by atoms with E-state index in [-0.39, 0.29) is 17.1 Å². The lowest BCUT2D eigenvalue weighted by molar-refractivity contribution is -0.118. The summed E-state index contributed by atoms with van der Waals surface area (Å²) in [6.45, 7) is 9.75. The molecule has 1 N–H and O–H groups in total. The van der Waals surface area contributed by atoms with Crippen molar-refractivity contribution in [3.8, 4) is 17.4 Å². The standard InChI is InChI=1S/C31H35N3O4/c1-5-36-23-13-12-20(16-24(23)37-6-2)14-15-34-19-33-30-28(29(34)32)26(21-10-8-7-9-11-21)27-22(35)17-31(3,4)18-25(27)38-30/h7-13,16,19,26,32H,5-6,14-15,17-18H2,1-4H3. The summed E-state index contributed by atoms with van der Waals surface area (Å²) in [6.07, 6.45) is 3.48. The number of aromatic nitrogens is 2. The number of fused-ring (bicyclic) bond motifs is 1. The first-order valence-electron chi connectivity index (χ1n) is 13.3. The highest BCUT2D eigenvalue weighted by Crippen LogP contribution is 2.48. The molecule has 2 heterocycles. The lowest BCUT2D eigenvalue weighted by Crippen LogP contribution is -2.37. The summed E-state index contributed by atoms with van der Waals surface area (Å²) in [7, 11) is 0. The number of allylic oxidation sites excluding steroid dienone is 2. The molecular formula is C31H35N3O4. The van der Waals surface area contributed by atoms with Gasteiger partial charge in [-0.05, 0) is 48.9 Å². The van der Waals surface area contributed by atoms with E-state index in [0.29, 0.717) is 67.3 Å². The Morgan fingerprint density at radius 3 is 2.53 bits per heavy atom. The molecule has 0 amide bonds. The maximum Gasteiger partial charge on any atom is 0.228 e. The van der Waals surface area contributed by atoms with Gasteiger partial charge in [0.2, 0.25) is 5.88 Å². The Labute approximate surface area is 223 Å². The van der Waals surface area contributed by atoms with Gasteiger partial charge in [-0.25, -0.2) is 4.98 Å². The van der Waals surface area contributed by atoms with Crippen LogP contribution in [-0.2, 0) is 17.8 Å². The fraction of sp³-hybridized carbons (Fsp3) is 0.387. The van der Waals surface area contributed by atoms with Crippen molar-refractivity contribution in [3.05, 3.63) is 88.4 Å². The molecular weight excluding hydrogens is 478 g/mol. The van der Waals surface area contributed by atoms with Crippen LogP contribution in [0.15, 0.2) is 66.2 Å². The summed E-state index contributed by atoms with van der Waals surface area (Å²) in [4.78, 5) is 18.1. The number of rotatable bonds is 8. The Bertz CT molecular complexity index is 1440. The van der Waals surface area contributed by atoms with Gasteiger partial charge in [0.15, 0.2) is 17.3 Å². The Kier molecular flexibility index (Phi) is 7.11. The fourth-order valence-corrected chi connectivity index (χ4v) is 5.45. The minimum atomic E-state index is -0.374. The van der Waals surface area contributed by atoms with Gasteiger partial charge < -0.3 is 18.8 Å². The normalized spacial score (nSPS) is 17.9. The van der Waals surface area contributed by atoms with E-state index in [1.165, 1.54) is 0 Å². The van der Waals surface area contributed by atoms with E-state index in [4.69, 9.17) is 14.2 Å². The van der Waals surface area contributed by atoms with Gasteiger partial charge in [-0.3, -0.25) is 10.2 Å². The van der Waals surface area contributed by atoms with Crippen LogP contribution < -0.4 is 19.7 Å². The minimum absolute atomic E-state index is 0.0865. The molecule has 0 radical (unpaired) electrons. The molecule has 0 bridgehead atoms. The maximum absolute atomic E-state index is 13.5. The van der Waals surface area contributed by atoms with Crippen LogP contribution in [0.3, 0.4) is 0 Å². The molecule has 5 rings (SSSR count). The number of ether oxygens (including phenoxy) is 3. The first kappa shape index (κ1) is 25.8. The van der Waals surface area contributed by atoms with E-state index in [0.717, 1.165) is 22.6 Å². The summed E-state index contributed by atoms with van der Waals surface area (Å²) in [5, 5.41) is 9.18. The summed E-state index contributed by atoms with van der Waals surface area (Å²) in [5.74, 6) is 2.28. The molecule has 0 saturated carbocycles. The monoisotopic (exact) mass is 513 g/mol. The molecule has 7 heteroatoms.